The largest absolute Gasteiger partial charge is 0.455 e. The van der Waals surface area contributed by atoms with Crippen molar-refractivity contribution >= 4 is 12.9 Å². The maximum absolute atomic E-state index is 12.2. The topological polar surface area (TPSA) is 83.6 Å². The molecular formula is C11H20BNO3. The highest BCUT2D eigenvalue weighted by Gasteiger charge is 2.50. The Bertz CT molecular complexity index is 291. The van der Waals surface area contributed by atoms with Crippen LogP contribution in [-0.2, 0) is 4.79 Å². The van der Waals surface area contributed by atoms with Crippen molar-refractivity contribution in [1.82, 2.24) is 0 Å². The second kappa shape index (κ2) is 4.13. The van der Waals surface area contributed by atoms with Crippen molar-refractivity contribution in [1.29, 1.82) is 0 Å². The van der Waals surface area contributed by atoms with E-state index in [-0.39, 0.29) is 22.9 Å². The minimum absolute atomic E-state index is 0.0232. The minimum atomic E-state index is -1.38. The third-order valence-corrected chi connectivity index (χ3v) is 4.41. The molecule has 16 heavy (non-hydrogen) atoms. The van der Waals surface area contributed by atoms with Crippen LogP contribution in [0.5, 0.6) is 0 Å². The molecule has 0 aromatic carbocycles. The van der Waals surface area contributed by atoms with Crippen molar-refractivity contribution in [2.75, 3.05) is 0 Å². The van der Waals surface area contributed by atoms with E-state index in [0.717, 1.165) is 32.1 Å². The van der Waals surface area contributed by atoms with E-state index in [1.807, 2.05) is 6.92 Å². The fourth-order valence-corrected chi connectivity index (χ4v) is 2.78. The third-order valence-electron chi connectivity index (χ3n) is 4.41. The van der Waals surface area contributed by atoms with E-state index < -0.39 is 13.2 Å². The monoisotopic (exact) mass is 225 g/mol. The Balaban J connectivity index is 2.03. The molecule has 0 aliphatic heterocycles. The van der Waals surface area contributed by atoms with Crippen molar-refractivity contribution in [3.63, 3.8) is 0 Å². The molecule has 2 rings (SSSR count). The summed E-state index contributed by atoms with van der Waals surface area (Å²) in [5.41, 5.74) is 5.96. The summed E-state index contributed by atoms with van der Waals surface area (Å²) in [6.07, 6.45) is 4.39. The molecule has 5 heteroatoms. The van der Waals surface area contributed by atoms with Crippen LogP contribution in [0.3, 0.4) is 0 Å². The van der Waals surface area contributed by atoms with Gasteiger partial charge in [-0.15, -0.1) is 0 Å². The van der Waals surface area contributed by atoms with Crippen molar-refractivity contribution in [2.45, 2.75) is 50.9 Å². The number of rotatable bonds is 4. The molecule has 0 aromatic heterocycles. The summed E-state index contributed by atoms with van der Waals surface area (Å²) in [6.45, 7) is 2.04. The zero-order valence-corrected chi connectivity index (χ0v) is 9.72. The van der Waals surface area contributed by atoms with Crippen molar-refractivity contribution in [3.8, 4) is 0 Å². The summed E-state index contributed by atoms with van der Waals surface area (Å²) in [4.78, 5) is 12.2. The first-order valence-corrected chi connectivity index (χ1v) is 6.11. The first-order valence-electron chi connectivity index (χ1n) is 6.11. The number of Topliss-reactive ketones (excluding diaryl/α,β-unsaturated/α-hetero) is 1. The van der Waals surface area contributed by atoms with Gasteiger partial charge in [-0.25, -0.2) is 0 Å². The summed E-state index contributed by atoms with van der Waals surface area (Å²) < 4.78 is 0. The molecule has 3 atom stereocenters. The van der Waals surface area contributed by atoms with Crippen LogP contribution in [0.4, 0.5) is 0 Å². The number of nitrogens with two attached hydrogens (primary N) is 1. The quantitative estimate of drug-likeness (QED) is 0.602. The van der Waals surface area contributed by atoms with Gasteiger partial charge in [0.25, 0.3) is 0 Å². The lowest BCUT2D eigenvalue weighted by molar-refractivity contribution is -0.125. The Morgan fingerprint density at radius 1 is 1.44 bits per heavy atom. The predicted molar refractivity (Wildman–Crippen MR) is 61.6 cm³/mol. The Morgan fingerprint density at radius 2 is 2.06 bits per heavy atom. The van der Waals surface area contributed by atoms with Crippen LogP contribution in [0.15, 0.2) is 0 Å². The van der Waals surface area contributed by atoms with Gasteiger partial charge in [0, 0.05) is 11.7 Å². The maximum Gasteiger partial charge on any atom is 0.455 e. The lowest BCUT2D eigenvalue weighted by Gasteiger charge is -2.24. The molecule has 1 unspecified atom stereocenters. The molecule has 90 valence electrons. The molecule has 4 N–H and O–H groups in total. The first-order chi connectivity index (χ1) is 7.46. The Morgan fingerprint density at radius 3 is 2.56 bits per heavy atom. The summed E-state index contributed by atoms with van der Waals surface area (Å²) in [5.74, 6) is -0.510. The highest BCUT2D eigenvalue weighted by molar-refractivity contribution is 6.44. The van der Waals surface area contributed by atoms with Gasteiger partial charge in [-0.3, -0.25) is 4.79 Å². The smallest absolute Gasteiger partial charge is 0.427 e. The normalized spacial score (nSPS) is 33.5. The van der Waals surface area contributed by atoms with Crippen LogP contribution in [0, 0.1) is 11.3 Å². The standard InChI is InChI=1S/C11H20BNO3/c1-11(5-6-11)10(13)9(14)7-3-2-4-8(7)12(15)16/h7-8,10,15-16H,2-6,13H2,1H3/t7?,8-,10-/m1/s1. The number of ketones is 1. The Hall–Kier alpha value is -0.385. The fourth-order valence-electron chi connectivity index (χ4n) is 2.78. The average molecular weight is 225 g/mol. The van der Waals surface area contributed by atoms with Gasteiger partial charge in [-0.1, -0.05) is 19.8 Å². The molecule has 2 saturated carbocycles. The highest BCUT2D eigenvalue weighted by atomic mass is 16.4. The van der Waals surface area contributed by atoms with Gasteiger partial charge in [0.2, 0.25) is 0 Å². The van der Waals surface area contributed by atoms with Crippen molar-refractivity contribution < 1.29 is 14.8 Å². The van der Waals surface area contributed by atoms with Crippen LogP contribution < -0.4 is 5.73 Å². The molecule has 4 nitrogen and oxygen atoms in total. The first kappa shape index (κ1) is 12.1. The van der Waals surface area contributed by atoms with Gasteiger partial charge in [0.1, 0.15) is 0 Å². The second-order valence-corrected chi connectivity index (χ2v) is 5.65. The lowest BCUT2D eigenvalue weighted by Crippen LogP contribution is -2.43. The van der Waals surface area contributed by atoms with Crippen molar-refractivity contribution in [2.24, 2.45) is 17.1 Å². The van der Waals surface area contributed by atoms with Crippen LogP contribution in [0.2, 0.25) is 5.82 Å². The lowest BCUT2D eigenvalue weighted by atomic mass is 9.65. The van der Waals surface area contributed by atoms with E-state index in [4.69, 9.17) is 5.73 Å². The van der Waals surface area contributed by atoms with Crippen molar-refractivity contribution in [3.05, 3.63) is 0 Å². The molecule has 0 heterocycles. The van der Waals surface area contributed by atoms with Crippen LogP contribution in [-0.4, -0.2) is 29.0 Å². The van der Waals surface area contributed by atoms with E-state index in [2.05, 4.69) is 0 Å². The van der Waals surface area contributed by atoms with Crippen LogP contribution in [0.1, 0.15) is 39.0 Å². The third kappa shape index (κ3) is 2.04. The molecular weight excluding hydrogens is 205 g/mol. The van der Waals surface area contributed by atoms with Gasteiger partial charge in [-0.2, -0.15) is 0 Å². The second-order valence-electron chi connectivity index (χ2n) is 5.65. The number of carbonyl (C=O) groups is 1. The van der Waals surface area contributed by atoms with E-state index >= 15 is 0 Å². The Labute approximate surface area is 96.4 Å². The molecule has 0 amide bonds. The predicted octanol–water partition coefficient (Wildman–Crippen LogP) is 0.326. The molecule has 0 spiro atoms. The summed E-state index contributed by atoms with van der Waals surface area (Å²) in [6, 6.07) is -0.420. The minimum Gasteiger partial charge on any atom is -0.427 e. The van der Waals surface area contributed by atoms with E-state index in [0.29, 0.717) is 0 Å². The zero-order chi connectivity index (χ0) is 11.9. The fraction of sp³-hybridized carbons (Fsp3) is 0.909. The van der Waals surface area contributed by atoms with Gasteiger partial charge in [0.15, 0.2) is 5.78 Å². The number of hydrogen-bond donors (Lipinski definition) is 3. The van der Waals surface area contributed by atoms with E-state index in [1.54, 1.807) is 0 Å². The van der Waals surface area contributed by atoms with Crippen LogP contribution in [0.25, 0.3) is 0 Å². The highest BCUT2D eigenvalue weighted by Crippen LogP contribution is 2.50. The molecule has 2 aliphatic carbocycles. The zero-order valence-electron chi connectivity index (χ0n) is 9.72. The molecule has 0 aromatic rings. The van der Waals surface area contributed by atoms with Gasteiger partial charge >= 0.3 is 7.12 Å². The maximum atomic E-state index is 12.2. The van der Waals surface area contributed by atoms with Gasteiger partial charge in [-0.05, 0) is 24.7 Å². The molecule has 0 bridgehead atoms. The SMILES string of the molecule is CC1([C@H](N)C(=O)C2CCC[C@H]2B(O)O)CC1. The summed E-state index contributed by atoms with van der Waals surface area (Å²) in [5, 5.41) is 18.5. The molecule has 2 aliphatic rings. The number of hydrogen-bond acceptors (Lipinski definition) is 4. The average Bonchev–Trinajstić information content (AvgIpc) is 2.83. The molecule has 0 radical (unpaired) electrons. The summed E-state index contributed by atoms with van der Waals surface area (Å²) >= 11 is 0. The van der Waals surface area contributed by atoms with Crippen LogP contribution >= 0.6 is 0 Å². The summed E-state index contributed by atoms with van der Waals surface area (Å²) in [7, 11) is -1.38. The van der Waals surface area contributed by atoms with Gasteiger partial charge < -0.3 is 15.8 Å². The number of carbonyl (C=O) groups excluding carboxylic acids is 1. The Kier molecular flexibility index (Phi) is 3.12. The molecule has 0 saturated heterocycles. The molecule has 2 fully saturated rings. The van der Waals surface area contributed by atoms with Gasteiger partial charge in [0.05, 0.1) is 6.04 Å². The van der Waals surface area contributed by atoms with E-state index in [9.17, 15) is 14.8 Å². The van der Waals surface area contributed by atoms with E-state index in [1.165, 1.54) is 0 Å².